The van der Waals surface area contributed by atoms with Gasteiger partial charge in [-0.05, 0) is 12.8 Å². The molecule has 14 nitrogen and oxygen atoms in total. The van der Waals surface area contributed by atoms with Gasteiger partial charge in [0.15, 0.2) is 23.4 Å². The zero-order chi connectivity index (χ0) is 21.8. The van der Waals surface area contributed by atoms with Crippen LogP contribution in [0.25, 0.3) is 11.2 Å². The van der Waals surface area contributed by atoms with E-state index in [4.69, 9.17) is 26.4 Å². The molecule has 5 atom stereocenters. The Labute approximate surface area is 170 Å². The Bertz CT molecular complexity index is 907. The molecule has 2 unspecified atom stereocenters. The molecule has 0 aromatic carbocycles. The highest BCUT2D eigenvalue weighted by Gasteiger charge is 2.45. The lowest BCUT2D eigenvalue weighted by Crippen LogP contribution is -2.38. The third kappa shape index (κ3) is 4.56. The minimum atomic E-state index is -1.35. The van der Waals surface area contributed by atoms with E-state index in [1.54, 1.807) is 0 Å². The van der Waals surface area contributed by atoms with E-state index in [2.05, 4.69) is 20.3 Å². The number of aromatic hydroxyl groups is 1. The molecule has 30 heavy (non-hydrogen) atoms. The molecule has 1 saturated heterocycles. The fourth-order valence-corrected chi connectivity index (χ4v) is 3.06. The molecule has 2 aromatic rings. The number of guanidine groups is 1. The van der Waals surface area contributed by atoms with E-state index in [9.17, 15) is 20.1 Å². The molecule has 0 radical (unpaired) electrons. The molecule has 14 heteroatoms. The molecule has 0 spiro atoms. The predicted octanol–water partition coefficient (Wildman–Crippen LogP) is -2.72. The van der Waals surface area contributed by atoms with Gasteiger partial charge in [-0.25, -0.2) is 9.97 Å². The van der Waals surface area contributed by atoms with Crippen LogP contribution in [0, 0.1) is 5.41 Å². The SMILES string of the molecule is N=C(N)NCCC[C@H](N)C(=O)OC[C@H]1O[C@@H](n2cnc3c(O)ncnc32)C(O)C1O. The van der Waals surface area contributed by atoms with Gasteiger partial charge < -0.3 is 41.6 Å². The molecule has 1 aliphatic heterocycles. The van der Waals surface area contributed by atoms with Crippen LogP contribution in [0.4, 0.5) is 0 Å². The number of aliphatic hydroxyl groups is 2. The number of aromatic nitrogens is 4. The lowest BCUT2D eigenvalue weighted by molar-refractivity contribution is -0.151. The molecular weight excluding hydrogens is 400 g/mol. The summed E-state index contributed by atoms with van der Waals surface area (Å²) in [4.78, 5) is 23.6. The first-order valence-corrected chi connectivity index (χ1v) is 9.17. The van der Waals surface area contributed by atoms with Crippen LogP contribution in [-0.2, 0) is 14.3 Å². The number of rotatable bonds is 8. The fraction of sp³-hybridized carbons (Fsp3) is 0.562. The normalized spacial score (nSPS) is 24.6. The number of carbonyl (C=O) groups is 1. The smallest absolute Gasteiger partial charge is 0.323 e. The van der Waals surface area contributed by atoms with Crippen LogP contribution in [0.15, 0.2) is 12.7 Å². The number of carbonyl (C=O) groups excluding carboxylic acids is 1. The van der Waals surface area contributed by atoms with Crippen LogP contribution >= 0.6 is 0 Å². The molecule has 0 amide bonds. The summed E-state index contributed by atoms with van der Waals surface area (Å²) in [6.07, 6.45) is -1.53. The van der Waals surface area contributed by atoms with E-state index in [0.29, 0.717) is 19.4 Å². The first kappa shape index (κ1) is 21.6. The molecule has 3 heterocycles. The van der Waals surface area contributed by atoms with Gasteiger partial charge in [0.1, 0.15) is 37.3 Å². The Morgan fingerprint density at radius 3 is 2.87 bits per heavy atom. The number of imidazole rings is 1. The number of nitrogens with one attached hydrogen (secondary N) is 2. The van der Waals surface area contributed by atoms with Crippen molar-refractivity contribution in [3.05, 3.63) is 12.7 Å². The number of fused-ring (bicyclic) bond motifs is 1. The van der Waals surface area contributed by atoms with Crippen molar-refractivity contribution in [3.63, 3.8) is 0 Å². The number of nitrogens with two attached hydrogens (primary N) is 2. The van der Waals surface area contributed by atoms with Crippen LogP contribution in [-0.4, -0.2) is 84.3 Å². The second-order valence-electron chi connectivity index (χ2n) is 6.79. The number of hydrogen-bond acceptors (Lipinski definition) is 11. The van der Waals surface area contributed by atoms with Crippen molar-refractivity contribution in [2.24, 2.45) is 11.5 Å². The average Bonchev–Trinajstić information content (AvgIpc) is 3.26. The first-order valence-electron chi connectivity index (χ1n) is 9.17. The quantitative estimate of drug-likeness (QED) is 0.0992. The second-order valence-corrected chi connectivity index (χ2v) is 6.79. The summed E-state index contributed by atoms with van der Waals surface area (Å²) in [5, 5.41) is 40.0. The Morgan fingerprint density at radius 2 is 2.13 bits per heavy atom. The van der Waals surface area contributed by atoms with E-state index < -0.39 is 36.6 Å². The minimum Gasteiger partial charge on any atom is -0.492 e. The monoisotopic (exact) mass is 424 g/mol. The Kier molecular flexibility index (Phi) is 6.61. The average molecular weight is 424 g/mol. The Morgan fingerprint density at radius 1 is 1.37 bits per heavy atom. The number of aliphatic hydroxyl groups excluding tert-OH is 2. The maximum Gasteiger partial charge on any atom is 0.323 e. The van der Waals surface area contributed by atoms with Gasteiger partial charge in [-0.2, -0.15) is 4.98 Å². The Balaban J connectivity index is 1.56. The number of hydrogen-bond donors (Lipinski definition) is 7. The third-order valence-corrected chi connectivity index (χ3v) is 4.65. The molecule has 1 fully saturated rings. The van der Waals surface area contributed by atoms with E-state index in [1.807, 2.05) is 0 Å². The van der Waals surface area contributed by atoms with Gasteiger partial charge in [0.05, 0.1) is 6.33 Å². The molecule has 1 aliphatic rings. The van der Waals surface area contributed by atoms with Crippen molar-refractivity contribution < 1.29 is 29.6 Å². The van der Waals surface area contributed by atoms with Crippen molar-refractivity contribution in [2.75, 3.05) is 13.2 Å². The molecule has 164 valence electrons. The van der Waals surface area contributed by atoms with Crippen molar-refractivity contribution >= 4 is 23.1 Å². The first-order chi connectivity index (χ1) is 14.3. The van der Waals surface area contributed by atoms with Crippen LogP contribution < -0.4 is 16.8 Å². The summed E-state index contributed by atoms with van der Waals surface area (Å²) in [7, 11) is 0. The molecule has 0 aliphatic carbocycles. The fourth-order valence-electron chi connectivity index (χ4n) is 3.06. The van der Waals surface area contributed by atoms with Gasteiger partial charge >= 0.3 is 5.97 Å². The third-order valence-electron chi connectivity index (χ3n) is 4.65. The highest BCUT2D eigenvalue weighted by Crippen LogP contribution is 2.32. The molecule has 0 bridgehead atoms. The maximum absolute atomic E-state index is 12.0. The van der Waals surface area contributed by atoms with Gasteiger partial charge in [0.2, 0.25) is 5.88 Å². The van der Waals surface area contributed by atoms with Gasteiger partial charge in [-0.3, -0.25) is 14.8 Å². The highest BCUT2D eigenvalue weighted by atomic mass is 16.6. The van der Waals surface area contributed by atoms with Gasteiger partial charge in [-0.15, -0.1) is 0 Å². The minimum absolute atomic E-state index is 0.114. The second kappa shape index (κ2) is 9.17. The summed E-state index contributed by atoms with van der Waals surface area (Å²) < 4.78 is 12.1. The highest BCUT2D eigenvalue weighted by molar-refractivity contribution is 5.76. The van der Waals surface area contributed by atoms with Gasteiger partial charge in [0, 0.05) is 6.54 Å². The maximum atomic E-state index is 12.0. The summed E-state index contributed by atoms with van der Waals surface area (Å²) in [5.74, 6) is -1.18. The zero-order valence-corrected chi connectivity index (χ0v) is 15.9. The van der Waals surface area contributed by atoms with E-state index >= 15 is 0 Å². The summed E-state index contributed by atoms with van der Waals surface area (Å²) >= 11 is 0. The number of nitrogens with zero attached hydrogens (tertiary/aromatic N) is 4. The molecule has 3 rings (SSSR count). The number of ether oxygens (including phenoxy) is 2. The molecule has 9 N–H and O–H groups in total. The van der Waals surface area contributed by atoms with Gasteiger partial charge in [0.25, 0.3) is 0 Å². The van der Waals surface area contributed by atoms with Crippen LogP contribution in [0.2, 0.25) is 0 Å². The molecule has 0 saturated carbocycles. The Hall–Kier alpha value is -3.07. The predicted molar refractivity (Wildman–Crippen MR) is 101 cm³/mol. The van der Waals surface area contributed by atoms with Crippen molar-refractivity contribution in [1.82, 2.24) is 24.8 Å². The topological polar surface area (TPSA) is 228 Å². The summed E-state index contributed by atoms with van der Waals surface area (Å²) in [6.45, 7) is 0.0758. The molecule has 2 aromatic heterocycles. The lowest BCUT2D eigenvalue weighted by atomic mass is 10.1. The zero-order valence-electron chi connectivity index (χ0n) is 15.9. The molecular formula is C16H24N8O6. The standard InChI is InChI=1S/C16H24N8O6/c17-7(2-1-3-20-16(18)19)15(28)29-4-8-10(25)11(26)14(30-8)24-6-23-9-12(24)21-5-22-13(9)27/h5-8,10-11,14,25-26H,1-4,17H2,(H4,18,19,20)(H,21,22,27)/t7-,8+,10?,11?,14+/m0/s1. The van der Waals surface area contributed by atoms with Crippen LogP contribution in [0.3, 0.4) is 0 Å². The van der Waals surface area contributed by atoms with Crippen molar-refractivity contribution in [1.29, 1.82) is 5.41 Å². The van der Waals surface area contributed by atoms with E-state index in [1.165, 1.54) is 10.9 Å². The van der Waals surface area contributed by atoms with Crippen molar-refractivity contribution in [2.45, 2.75) is 43.4 Å². The lowest BCUT2D eigenvalue weighted by Gasteiger charge is -2.17. The van der Waals surface area contributed by atoms with E-state index in [-0.39, 0.29) is 29.6 Å². The van der Waals surface area contributed by atoms with Crippen molar-refractivity contribution in [3.8, 4) is 5.88 Å². The summed E-state index contributed by atoms with van der Waals surface area (Å²) in [5.41, 5.74) is 11.3. The summed E-state index contributed by atoms with van der Waals surface area (Å²) in [6, 6.07) is -0.893. The largest absolute Gasteiger partial charge is 0.492 e. The number of esters is 1. The van der Waals surface area contributed by atoms with Gasteiger partial charge in [-0.1, -0.05) is 0 Å². The van der Waals surface area contributed by atoms with E-state index in [0.717, 1.165) is 6.33 Å². The van der Waals surface area contributed by atoms with Crippen LogP contribution in [0.1, 0.15) is 19.1 Å². The van der Waals surface area contributed by atoms with Crippen LogP contribution in [0.5, 0.6) is 5.88 Å².